The number of pyridine rings is 1. The summed E-state index contributed by atoms with van der Waals surface area (Å²) in [5, 5.41) is 9.90. The van der Waals surface area contributed by atoms with Crippen LogP contribution in [0.1, 0.15) is 23.2 Å². The number of rotatable bonds is 7. The SMILES string of the molecule is COCCOc1cc(O)cc(C(=O)N2CCC(Oc3cccnc3)CC2)c1. The first kappa shape index (κ1) is 19.0. The number of likely N-dealkylation sites (tertiary alicyclic amines) is 1. The number of aromatic hydroxyl groups is 1. The maximum Gasteiger partial charge on any atom is 0.254 e. The summed E-state index contributed by atoms with van der Waals surface area (Å²) in [6, 6.07) is 8.31. The number of phenolic OH excluding ortho intramolecular Hbond substituents is 1. The average molecular weight is 372 g/mol. The lowest BCUT2D eigenvalue weighted by atomic mass is 10.1. The molecule has 7 nitrogen and oxygen atoms in total. The summed E-state index contributed by atoms with van der Waals surface area (Å²) in [7, 11) is 1.59. The molecule has 3 rings (SSSR count). The van der Waals surface area contributed by atoms with Crippen molar-refractivity contribution in [1.82, 2.24) is 9.88 Å². The van der Waals surface area contributed by atoms with Gasteiger partial charge in [0.1, 0.15) is 30.0 Å². The zero-order valence-electron chi connectivity index (χ0n) is 15.3. The smallest absolute Gasteiger partial charge is 0.254 e. The van der Waals surface area contributed by atoms with Crippen LogP contribution in [0, 0.1) is 0 Å². The zero-order chi connectivity index (χ0) is 19.1. The van der Waals surface area contributed by atoms with Crippen LogP contribution >= 0.6 is 0 Å². The Morgan fingerprint density at radius 3 is 2.74 bits per heavy atom. The standard InChI is InChI=1S/C20H24N2O5/c1-25-9-10-26-19-12-15(11-16(23)13-19)20(24)22-7-4-17(5-8-22)27-18-3-2-6-21-14-18/h2-3,6,11-14,17,23H,4-5,7-10H2,1H3. The molecule has 1 aromatic carbocycles. The van der Waals surface area contributed by atoms with E-state index in [1.165, 1.54) is 12.1 Å². The fraction of sp³-hybridized carbons (Fsp3) is 0.400. The molecule has 27 heavy (non-hydrogen) atoms. The third-order valence-electron chi connectivity index (χ3n) is 4.36. The van der Waals surface area contributed by atoms with Crippen LogP contribution in [0.3, 0.4) is 0 Å². The highest BCUT2D eigenvalue weighted by Crippen LogP contribution is 2.25. The number of carbonyl (C=O) groups is 1. The first-order chi connectivity index (χ1) is 13.2. The van der Waals surface area contributed by atoms with E-state index in [0.29, 0.717) is 37.6 Å². The molecule has 2 aromatic rings. The van der Waals surface area contributed by atoms with Crippen molar-refractivity contribution < 1.29 is 24.1 Å². The van der Waals surface area contributed by atoms with E-state index < -0.39 is 0 Å². The molecular weight excluding hydrogens is 348 g/mol. The van der Waals surface area contributed by atoms with Gasteiger partial charge in [0, 0.05) is 50.9 Å². The van der Waals surface area contributed by atoms with Crippen molar-refractivity contribution in [3.63, 3.8) is 0 Å². The number of carbonyl (C=O) groups excluding carboxylic acids is 1. The first-order valence-corrected chi connectivity index (χ1v) is 8.97. The first-order valence-electron chi connectivity index (χ1n) is 8.97. The second-order valence-corrected chi connectivity index (χ2v) is 6.35. The van der Waals surface area contributed by atoms with Gasteiger partial charge in [0.15, 0.2) is 0 Å². The van der Waals surface area contributed by atoms with E-state index in [-0.39, 0.29) is 17.8 Å². The zero-order valence-corrected chi connectivity index (χ0v) is 15.3. The number of nitrogens with zero attached hydrogens (tertiary/aromatic N) is 2. The van der Waals surface area contributed by atoms with E-state index in [1.807, 2.05) is 12.1 Å². The van der Waals surface area contributed by atoms with Gasteiger partial charge in [-0.15, -0.1) is 0 Å². The topological polar surface area (TPSA) is 81.1 Å². The summed E-state index contributed by atoms with van der Waals surface area (Å²) in [5.74, 6) is 1.07. The van der Waals surface area contributed by atoms with Crippen molar-refractivity contribution in [3.05, 3.63) is 48.3 Å². The maximum atomic E-state index is 12.8. The molecule has 1 fully saturated rings. The van der Waals surface area contributed by atoms with Crippen LogP contribution in [0.2, 0.25) is 0 Å². The highest BCUT2D eigenvalue weighted by molar-refractivity contribution is 5.95. The van der Waals surface area contributed by atoms with Crippen molar-refractivity contribution >= 4 is 5.91 Å². The third-order valence-corrected chi connectivity index (χ3v) is 4.36. The van der Waals surface area contributed by atoms with E-state index in [0.717, 1.165) is 18.6 Å². The molecule has 144 valence electrons. The van der Waals surface area contributed by atoms with E-state index in [2.05, 4.69) is 4.98 Å². The number of hydrogen-bond acceptors (Lipinski definition) is 6. The largest absolute Gasteiger partial charge is 0.508 e. The third kappa shape index (κ3) is 5.34. The van der Waals surface area contributed by atoms with Crippen LogP contribution < -0.4 is 9.47 Å². The minimum absolute atomic E-state index is 0.00284. The summed E-state index contributed by atoms with van der Waals surface area (Å²) in [4.78, 5) is 18.6. The van der Waals surface area contributed by atoms with E-state index in [4.69, 9.17) is 14.2 Å². The molecule has 0 unspecified atom stereocenters. The van der Waals surface area contributed by atoms with Crippen molar-refractivity contribution in [3.8, 4) is 17.2 Å². The second-order valence-electron chi connectivity index (χ2n) is 6.35. The Morgan fingerprint density at radius 2 is 2.04 bits per heavy atom. The number of hydrogen-bond donors (Lipinski definition) is 1. The Morgan fingerprint density at radius 1 is 1.22 bits per heavy atom. The van der Waals surface area contributed by atoms with Gasteiger partial charge in [-0.2, -0.15) is 0 Å². The maximum absolute atomic E-state index is 12.8. The molecule has 0 radical (unpaired) electrons. The minimum atomic E-state index is -0.123. The summed E-state index contributed by atoms with van der Waals surface area (Å²) in [5.41, 5.74) is 0.411. The normalized spacial score (nSPS) is 14.8. The van der Waals surface area contributed by atoms with Crippen molar-refractivity contribution in [1.29, 1.82) is 0 Å². The molecule has 2 heterocycles. The van der Waals surface area contributed by atoms with E-state index in [9.17, 15) is 9.90 Å². The number of ether oxygens (including phenoxy) is 3. The molecule has 0 aliphatic carbocycles. The molecule has 1 N–H and O–H groups in total. The number of amides is 1. The highest BCUT2D eigenvalue weighted by Gasteiger charge is 2.25. The van der Waals surface area contributed by atoms with Gasteiger partial charge in [-0.3, -0.25) is 9.78 Å². The number of phenols is 1. The lowest BCUT2D eigenvalue weighted by Gasteiger charge is -2.32. The number of benzene rings is 1. The average Bonchev–Trinajstić information content (AvgIpc) is 2.69. The molecule has 1 aliphatic rings. The molecule has 1 saturated heterocycles. The minimum Gasteiger partial charge on any atom is -0.508 e. The fourth-order valence-electron chi connectivity index (χ4n) is 3.00. The van der Waals surface area contributed by atoms with Crippen molar-refractivity contribution in [2.45, 2.75) is 18.9 Å². The lowest BCUT2D eigenvalue weighted by molar-refractivity contribution is 0.0594. The number of piperidine rings is 1. The molecule has 1 aliphatic heterocycles. The van der Waals surface area contributed by atoms with Gasteiger partial charge < -0.3 is 24.2 Å². The number of aromatic nitrogens is 1. The molecule has 7 heteroatoms. The molecule has 0 saturated carbocycles. The quantitative estimate of drug-likeness (QED) is 0.752. The van der Waals surface area contributed by atoms with Crippen molar-refractivity contribution in [2.75, 3.05) is 33.4 Å². The van der Waals surface area contributed by atoms with Gasteiger partial charge in [0.2, 0.25) is 0 Å². The van der Waals surface area contributed by atoms with E-state index in [1.54, 1.807) is 30.5 Å². The Hall–Kier alpha value is -2.80. The molecule has 0 spiro atoms. The van der Waals surface area contributed by atoms with E-state index >= 15 is 0 Å². The Labute approximate surface area is 158 Å². The van der Waals surface area contributed by atoms with Gasteiger partial charge in [0.25, 0.3) is 5.91 Å². The Balaban J connectivity index is 1.57. The molecule has 0 atom stereocenters. The van der Waals surface area contributed by atoms with Gasteiger partial charge in [-0.1, -0.05) is 0 Å². The van der Waals surface area contributed by atoms with Crippen molar-refractivity contribution in [2.24, 2.45) is 0 Å². The summed E-state index contributed by atoms with van der Waals surface area (Å²) >= 11 is 0. The summed E-state index contributed by atoms with van der Waals surface area (Å²) in [6.45, 7) is 1.98. The highest BCUT2D eigenvalue weighted by atomic mass is 16.5. The van der Waals surface area contributed by atoms with Crippen LogP contribution in [0.5, 0.6) is 17.2 Å². The lowest BCUT2D eigenvalue weighted by Crippen LogP contribution is -2.41. The van der Waals surface area contributed by atoms with Gasteiger partial charge >= 0.3 is 0 Å². The van der Waals surface area contributed by atoms with Gasteiger partial charge in [-0.05, 0) is 24.3 Å². The van der Waals surface area contributed by atoms with Gasteiger partial charge in [-0.25, -0.2) is 0 Å². The van der Waals surface area contributed by atoms with Crippen LogP contribution in [0.25, 0.3) is 0 Å². The Kier molecular flexibility index (Phi) is 6.49. The second kappa shape index (κ2) is 9.23. The molecule has 1 aromatic heterocycles. The fourth-order valence-corrected chi connectivity index (χ4v) is 3.00. The van der Waals surface area contributed by atoms with Crippen LogP contribution in [0.15, 0.2) is 42.7 Å². The molecule has 0 bridgehead atoms. The molecule has 1 amide bonds. The summed E-state index contributed by atoms with van der Waals surface area (Å²) in [6.07, 6.45) is 4.95. The van der Waals surface area contributed by atoms with Crippen LogP contribution in [-0.2, 0) is 4.74 Å². The predicted molar refractivity (Wildman–Crippen MR) is 99.3 cm³/mol. The monoisotopic (exact) mass is 372 g/mol. The van der Waals surface area contributed by atoms with Gasteiger partial charge in [0.05, 0.1) is 12.8 Å². The predicted octanol–water partition coefficient (Wildman–Crippen LogP) is 2.50. The summed E-state index contributed by atoms with van der Waals surface area (Å²) < 4.78 is 16.4. The van der Waals surface area contributed by atoms with Crippen LogP contribution in [-0.4, -0.2) is 60.4 Å². The number of methoxy groups -OCH3 is 1. The molecular formula is C20H24N2O5. The Bertz CT molecular complexity index is 745. The van der Waals surface area contributed by atoms with Crippen LogP contribution in [0.4, 0.5) is 0 Å².